The molecule has 0 spiro atoms. The first-order valence-corrected chi connectivity index (χ1v) is 31.3. The standard InChI is InChI=1S/C63H111N11O14/c1-25-39(13)50-62(86)70(20)46(30-35(5)6)55(79)64-41(15)54(78)65-42(16)58(82)71(21)47(31-36(7)8)60(84)72(22)48(32-37(9)10)61(85)73(23)51(38(11)12)63(87)74(24)52(53(88-43(17)76)40(14)27-28-75)57(81)66-44(26-2)59(83)68(18)33-49(77)69(19)45(29-34(3)4)56(80)67-50/h28,34-42,44-48,50-53H,25-27,29-33H2,1-24H3,(H,64,79)(H,65,78)(H,66,81)(H,67,80)/t39?,40-,41+,42-,44+,45+,46+,47+,48+,50+,51+,52?,53-/m1/s1. The van der Waals surface area contributed by atoms with Crippen molar-refractivity contribution >= 4 is 77.2 Å². The van der Waals surface area contributed by atoms with Crippen LogP contribution in [0.25, 0.3) is 0 Å². The Morgan fingerprint density at radius 3 is 1.36 bits per heavy atom. The smallest absolute Gasteiger partial charge is 0.303 e. The third-order valence-electron chi connectivity index (χ3n) is 16.6. The molecule has 0 aromatic carbocycles. The highest BCUT2D eigenvalue weighted by Crippen LogP contribution is 2.27. The summed E-state index contributed by atoms with van der Waals surface area (Å²) >= 11 is 0. The molecule has 0 bridgehead atoms. The van der Waals surface area contributed by atoms with Gasteiger partial charge in [-0.1, -0.05) is 103 Å². The monoisotopic (exact) mass is 1250 g/mol. The van der Waals surface area contributed by atoms with Gasteiger partial charge in [0.2, 0.25) is 65.0 Å². The minimum atomic E-state index is -1.73. The summed E-state index contributed by atoms with van der Waals surface area (Å²) in [4.78, 5) is 194. The number of hydrogen-bond acceptors (Lipinski definition) is 14. The normalized spacial score (nSPS) is 26.5. The van der Waals surface area contributed by atoms with Gasteiger partial charge in [0.15, 0.2) is 0 Å². The Bertz CT molecular complexity index is 2440. The van der Waals surface area contributed by atoms with Gasteiger partial charge in [-0.05, 0) is 81.5 Å². The Morgan fingerprint density at radius 1 is 0.500 bits per heavy atom. The van der Waals surface area contributed by atoms with Crippen LogP contribution in [0.4, 0.5) is 0 Å². The van der Waals surface area contributed by atoms with E-state index in [2.05, 4.69) is 21.3 Å². The number of amides is 11. The van der Waals surface area contributed by atoms with Gasteiger partial charge >= 0.3 is 5.97 Å². The fourth-order valence-electron chi connectivity index (χ4n) is 11.0. The van der Waals surface area contributed by atoms with Crippen molar-refractivity contribution in [2.45, 2.75) is 229 Å². The van der Waals surface area contributed by atoms with Crippen molar-refractivity contribution in [1.29, 1.82) is 0 Å². The van der Waals surface area contributed by atoms with E-state index in [1.165, 1.54) is 87.7 Å². The summed E-state index contributed by atoms with van der Waals surface area (Å²) in [6.45, 7) is 28.3. The molecule has 502 valence electrons. The maximum Gasteiger partial charge on any atom is 0.303 e. The molecule has 0 aliphatic carbocycles. The molecule has 1 fully saturated rings. The average molecular weight is 1250 g/mol. The number of ether oxygens (including phenoxy) is 1. The largest absolute Gasteiger partial charge is 0.459 e. The van der Waals surface area contributed by atoms with Crippen LogP contribution in [0.2, 0.25) is 0 Å². The lowest BCUT2D eigenvalue weighted by Gasteiger charge is -2.42. The molecule has 0 radical (unpaired) electrons. The summed E-state index contributed by atoms with van der Waals surface area (Å²) < 4.78 is 5.77. The maximum absolute atomic E-state index is 15.3. The molecule has 88 heavy (non-hydrogen) atoms. The number of nitrogens with zero attached hydrogens (tertiary/aromatic N) is 7. The molecule has 11 amide bonds. The van der Waals surface area contributed by atoms with E-state index >= 15 is 19.2 Å². The Morgan fingerprint density at radius 2 is 0.920 bits per heavy atom. The first-order chi connectivity index (χ1) is 40.6. The van der Waals surface area contributed by atoms with Crippen LogP contribution in [0.3, 0.4) is 0 Å². The van der Waals surface area contributed by atoms with E-state index in [0.29, 0.717) is 12.7 Å². The van der Waals surface area contributed by atoms with E-state index in [1.807, 2.05) is 62.3 Å². The van der Waals surface area contributed by atoms with E-state index in [0.717, 1.165) is 16.7 Å². The third-order valence-corrected chi connectivity index (χ3v) is 16.6. The lowest BCUT2D eigenvalue weighted by molar-refractivity contribution is -0.164. The van der Waals surface area contributed by atoms with Gasteiger partial charge < -0.3 is 65.1 Å². The second kappa shape index (κ2) is 36.1. The van der Waals surface area contributed by atoms with Crippen LogP contribution >= 0.6 is 0 Å². The number of aldehydes is 1. The molecule has 25 heteroatoms. The molecule has 1 rings (SSSR count). The summed E-state index contributed by atoms with van der Waals surface area (Å²) in [5, 5.41) is 11.0. The van der Waals surface area contributed by atoms with Gasteiger partial charge in [-0.15, -0.1) is 0 Å². The summed E-state index contributed by atoms with van der Waals surface area (Å²) in [7, 11) is 9.69. The highest BCUT2D eigenvalue weighted by molar-refractivity contribution is 5.99. The van der Waals surface area contributed by atoms with Crippen molar-refractivity contribution in [3.05, 3.63) is 0 Å². The van der Waals surface area contributed by atoms with Gasteiger partial charge in [0.1, 0.15) is 72.8 Å². The molecule has 2 unspecified atom stereocenters. The predicted octanol–water partition coefficient (Wildman–Crippen LogP) is 2.85. The number of likely N-dealkylation sites (N-methyl/N-ethyl adjacent to an activating group) is 7. The molecule has 4 N–H and O–H groups in total. The molecular formula is C63H111N11O14. The first-order valence-electron chi connectivity index (χ1n) is 31.3. The number of nitrogens with one attached hydrogen (secondary N) is 4. The molecular weight excluding hydrogens is 1130 g/mol. The minimum absolute atomic E-state index is 0.0482. The molecule has 0 aromatic rings. The van der Waals surface area contributed by atoms with Crippen molar-refractivity contribution in [3.8, 4) is 0 Å². The van der Waals surface area contributed by atoms with Crippen LogP contribution in [-0.4, -0.2) is 234 Å². The molecule has 1 aliphatic rings. The first kappa shape index (κ1) is 79.3. The molecule has 1 heterocycles. The number of carbonyl (C=O) groups excluding carboxylic acids is 13. The molecule has 0 aromatic heterocycles. The Balaban J connectivity index is 4.44. The van der Waals surface area contributed by atoms with Crippen LogP contribution in [0, 0.1) is 41.4 Å². The quantitative estimate of drug-likeness (QED) is 0.120. The molecule has 25 nitrogen and oxygen atoms in total. The predicted molar refractivity (Wildman–Crippen MR) is 334 cm³/mol. The zero-order valence-corrected chi connectivity index (χ0v) is 57.5. The maximum atomic E-state index is 15.3. The van der Waals surface area contributed by atoms with Gasteiger partial charge in [-0.2, -0.15) is 0 Å². The average Bonchev–Trinajstić information content (AvgIpc) is 3.65. The van der Waals surface area contributed by atoms with Crippen molar-refractivity contribution < 1.29 is 67.1 Å². The van der Waals surface area contributed by atoms with Crippen LogP contribution < -0.4 is 21.3 Å². The SMILES string of the molecule is CCC(C)[C@@H]1NC(=O)[C@H](CC(C)C)N(C)C(=O)CN(C)C(=O)[C@H](CC)NC(=O)C([C@H](OC(C)=O)[C@H](C)CC=O)N(C)C(=O)[C@H](C(C)C)N(C)C(=O)[C@H](CC(C)C)N(C)C(=O)[C@H](CC(C)C)N(C)C(=O)[C@@H](C)NC(=O)[C@H](C)NC(=O)[C@H](CC(C)C)N(C)C1=O. The molecule has 13 atom stereocenters. The number of carbonyl (C=O) groups is 13. The van der Waals surface area contributed by atoms with E-state index in [4.69, 9.17) is 4.74 Å². The molecule has 1 saturated heterocycles. The summed E-state index contributed by atoms with van der Waals surface area (Å²) in [5.41, 5.74) is 0. The van der Waals surface area contributed by atoms with Crippen molar-refractivity contribution in [1.82, 2.24) is 55.6 Å². The second-order valence-electron chi connectivity index (χ2n) is 26.4. The zero-order chi connectivity index (χ0) is 68.3. The number of esters is 1. The minimum Gasteiger partial charge on any atom is -0.459 e. The van der Waals surface area contributed by atoms with Crippen molar-refractivity contribution in [3.63, 3.8) is 0 Å². The van der Waals surface area contributed by atoms with Crippen LogP contribution in [0.5, 0.6) is 0 Å². The van der Waals surface area contributed by atoms with Gasteiger partial charge in [0.05, 0.1) is 6.54 Å². The Kier molecular flexibility index (Phi) is 32.5. The van der Waals surface area contributed by atoms with Crippen molar-refractivity contribution in [2.24, 2.45) is 41.4 Å². The Hall–Kier alpha value is -6.69. The van der Waals surface area contributed by atoms with Crippen LogP contribution in [0.15, 0.2) is 0 Å². The van der Waals surface area contributed by atoms with Crippen LogP contribution in [0.1, 0.15) is 163 Å². The number of rotatable bonds is 17. The highest BCUT2D eigenvalue weighted by atomic mass is 16.5. The fraction of sp³-hybridized carbons (Fsp3) is 0.794. The van der Waals surface area contributed by atoms with Crippen LogP contribution in [-0.2, 0) is 67.1 Å². The van der Waals surface area contributed by atoms with E-state index in [9.17, 15) is 43.2 Å². The van der Waals surface area contributed by atoms with Gasteiger partial charge in [0, 0.05) is 68.6 Å². The van der Waals surface area contributed by atoms with E-state index in [-0.39, 0.29) is 62.2 Å². The third kappa shape index (κ3) is 22.1. The van der Waals surface area contributed by atoms with E-state index < -0.39 is 162 Å². The van der Waals surface area contributed by atoms with Gasteiger partial charge in [0.25, 0.3) is 0 Å². The number of hydrogen-bond donors (Lipinski definition) is 4. The second-order valence-corrected chi connectivity index (χ2v) is 26.4. The summed E-state index contributed by atoms with van der Waals surface area (Å²) in [5.74, 6) is -11.5. The van der Waals surface area contributed by atoms with Gasteiger partial charge in [-0.3, -0.25) is 57.5 Å². The molecule has 1 aliphatic heterocycles. The zero-order valence-electron chi connectivity index (χ0n) is 57.5. The molecule has 0 saturated carbocycles. The summed E-state index contributed by atoms with van der Waals surface area (Å²) in [6, 6.07) is -12.8. The Labute approximate surface area is 524 Å². The lowest BCUT2D eigenvalue weighted by Crippen LogP contribution is -2.64. The van der Waals surface area contributed by atoms with E-state index in [1.54, 1.807) is 34.6 Å². The topological polar surface area (TPSA) is 302 Å². The van der Waals surface area contributed by atoms with Gasteiger partial charge in [-0.25, -0.2) is 0 Å². The lowest BCUT2D eigenvalue weighted by atomic mass is 9.91. The van der Waals surface area contributed by atoms with Crippen molar-refractivity contribution in [2.75, 3.05) is 55.9 Å². The summed E-state index contributed by atoms with van der Waals surface area (Å²) in [6.07, 6.45) is -0.293. The highest BCUT2D eigenvalue weighted by Gasteiger charge is 2.47. The fourth-order valence-corrected chi connectivity index (χ4v) is 11.0.